The predicted octanol–water partition coefficient (Wildman–Crippen LogP) is 2.29. The molecule has 1 aromatic carbocycles. The Morgan fingerprint density at radius 1 is 1.33 bits per heavy atom. The van der Waals surface area contributed by atoms with Gasteiger partial charge in [-0.05, 0) is 38.3 Å². The van der Waals surface area contributed by atoms with Gasteiger partial charge in [-0.3, -0.25) is 4.79 Å². The van der Waals surface area contributed by atoms with Crippen LogP contribution in [0.25, 0.3) is 0 Å². The monoisotopic (exact) mass is 377 g/mol. The Morgan fingerprint density at radius 2 is 2.04 bits per heavy atom. The van der Waals surface area contributed by atoms with Crippen molar-refractivity contribution in [3.8, 4) is 0 Å². The minimum Gasteiger partial charge on any atom is -0.370 e. The summed E-state index contributed by atoms with van der Waals surface area (Å²) in [6.45, 7) is 7.04. The van der Waals surface area contributed by atoms with E-state index in [0.717, 1.165) is 25.9 Å². The largest absolute Gasteiger partial charge is 0.370 e. The van der Waals surface area contributed by atoms with Crippen LogP contribution in [0.3, 0.4) is 0 Å². The maximum atomic E-state index is 12.1. The number of benzene rings is 1. The maximum Gasteiger partial charge on any atom is 0.249 e. The fraction of sp³-hybridized carbons (Fsp3) is 0.588. The second kappa shape index (κ2) is 11.5. The zero-order valence-electron chi connectivity index (χ0n) is 14.4. The van der Waals surface area contributed by atoms with E-state index in [2.05, 4.69) is 36.2 Å². The summed E-state index contributed by atoms with van der Waals surface area (Å²) < 4.78 is 5.61. The maximum absolute atomic E-state index is 12.1. The highest BCUT2D eigenvalue weighted by molar-refractivity contribution is 5.85. The summed E-state index contributed by atoms with van der Waals surface area (Å²) in [5.74, 6) is -0.0169. The van der Waals surface area contributed by atoms with Crippen LogP contribution < -0.4 is 16.0 Å². The summed E-state index contributed by atoms with van der Waals surface area (Å²) in [5.41, 5.74) is 8.04. The Morgan fingerprint density at radius 3 is 2.62 bits per heavy atom. The first-order valence-electron chi connectivity index (χ1n) is 8.09. The van der Waals surface area contributed by atoms with Crippen molar-refractivity contribution < 1.29 is 9.53 Å². The highest BCUT2D eigenvalue weighted by Gasteiger charge is 2.29. The van der Waals surface area contributed by atoms with Gasteiger partial charge in [0.05, 0.1) is 6.10 Å². The Bertz CT molecular complexity index is 502. The predicted molar refractivity (Wildman–Crippen MR) is 104 cm³/mol. The van der Waals surface area contributed by atoms with Gasteiger partial charge in [0.25, 0.3) is 0 Å². The second-order valence-electron chi connectivity index (χ2n) is 5.72. The minimum atomic E-state index is -0.331. The molecule has 138 valence electrons. The zero-order valence-corrected chi connectivity index (χ0v) is 16.0. The molecule has 1 amide bonds. The van der Waals surface area contributed by atoms with Gasteiger partial charge in [0.2, 0.25) is 5.91 Å². The fourth-order valence-corrected chi connectivity index (χ4v) is 2.87. The quantitative estimate of drug-likeness (QED) is 0.764. The molecule has 0 aliphatic carbocycles. The van der Waals surface area contributed by atoms with Crippen molar-refractivity contribution in [1.29, 1.82) is 0 Å². The van der Waals surface area contributed by atoms with E-state index in [4.69, 9.17) is 10.5 Å². The summed E-state index contributed by atoms with van der Waals surface area (Å²) in [7, 11) is 0. The molecule has 1 heterocycles. The number of carbonyl (C=O) groups is 1. The van der Waals surface area contributed by atoms with Crippen LogP contribution in [0.4, 0.5) is 5.69 Å². The summed E-state index contributed by atoms with van der Waals surface area (Å²) in [5, 5.41) is 2.98. The van der Waals surface area contributed by atoms with E-state index in [-0.39, 0.29) is 42.9 Å². The topological polar surface area (TPSA) is 67.6 Å². The number of ether oxygens (including phenoxy) is 1. The standard InChI is InChI=1S/C17H27N3O2.2ClH/c1-3-20(15-7-5-4-6-13(15)2)11-10-19-17(21)16-9-8-14(12-18)22-16;;/h4-7,14,16H,3,8-12,18H2,1-2H3,(H,19,21);2*1H/t14-,16+;;/m1../s1. The molecular formula is C17H29Cl2N3O2. The number of anilines is 1. The SMILES string of the molecule is CCN(CCNC(=O)[C@@H]1CC[C@H](CN)O1)c1ccccc1C.Cl.Cl. The van der Waals surface area contributed by atoms with E-state index in [1.54, 1.807) is 0 Å². The Labute approximate surface area is 157 Å². The number of nitrogens with one attached hydrogen (secondary N) is 1. The normalized spacial score (nSPS) is 19.1. The summed E-state index contributed by atoms with van der Waals surface area (Å²) >= 11 is 0. The molecule has 1 aromatic rings. The van der Waals surface area contributed by atoms with Crippen LogP contribution in [0.2, 0.25) is 0 Å². The molecule has 0 bridgehead atoms. The number of aryl methyl sites for hydroxylation is 1. The van der Waals surface area contributed by atoms with Crippen molar-refractivity contribution >= 4 is 36.4 Å². The number of carbonyl (C=O) groups excluding carboxylic acids is 1. The average Bonchev–Trinajstić information content (AvgIpc) is 3.01. The molecule has 0 aromatic heterocycles. The van der Waals surface area contributed by atoms with Gasteiger partial charge in [-0.15, -0.1) is 24.8 Å². The highest BCUT2D eigenvalue weighted by atomic mass is 35.5. The smallest absolute Gasteiger partial charge is 0.249 e. The molecule has 2 atom stereocenters. The van der Waals surface area contributed by atoms with Gasteiger partial charge in [0.15, 0.2) is 0 Å². The number of hydrogen-bond acceptors (Lipinski definition) is 4. The molecule has 1 aliphatic heterocycles. The van der Waals surface area contributed by atoms with Gasteiger partial charge in [0, 0.05) is 31.9 Å². The summed E-state index contributed by atoms with van der Waals surface area (Å²) in [4.78, 5) is 14.4. The van der Waals surface area contributed by atoms with E-state index < -0.39 is 0 Å². The van der Waals surface area contributed by atoms with Crippen LogP contribution in [0, 0.1) is 6.92 Å². The molecule has 0 unspecified atom stereocenters. The third kappa shape index (κ3) is 6.13. The first kappa shape index (κ1) is 23.0. The highest BCUT2D eigenvalue weighted by Crippen LogP contribution is 2.20. The third-order valence-corrected chi connectivity index (χ3v) is 4.18. The van der Waals surface area contributed by atoms with E-state index in [1.165, 1.54) is 11.3 Å². The minimum absolute atomic E-state index is 0. The van der Waals surface area contributed by atoms with Gasteiger partial charge in [-0.2, -0.15) is 0 Å². The Kier molecular flexibility index (Phi) is 11.0. The summed E-state index contributed by atoms with van der Waals surface area (Å²) in [6, 6.07) is 8.31. The molecule has 2 rings (SSSR count). The second-order valence-corrected chi connectivity index (χ2v) is 5.72. The van der Waals surface area contributed by atoms with Crippen LogP contribution >= 0.6 is 24.8 Å². The molecule has 1 fully saturated rings. The van der Waals surface area contributed by atoms with Crippen molar-refractivity contribution in [2.45, 2.75) is 38.9 Å². The van der Waals surface area contributed by atoms with Crippen molar-refractivity contribution in [1.82, 2.24) is 5.32 Å². The van der Waals surface area contributed by atoms with Crippen molar-refractivity contribution in [3.05, 3.63) is 29.8 Å². The molecule has 5 nitrogen and oxygen atoms in total. The van der Waals surface area contributed by atoms with Crippen LogP contribution in [-0.4, -0.2) is 44.3 Å². The average molecular weight is 378 g/mol. The van der Waals surface area contributed by atoms with E-state index in [0.29, 0.717) is 13.1 Å². The summed E-state index contributed by atoms with van der Waals surface area (Å²) in [6.07, 6.45) is 1.35. The van der Waals surface area contributed by atoms with Crippen LogP contribution in [0.15, 0.2) is 24.3 Å². The number of nitrogens with two attached hydrogens (primary N) is 1. The van der Waals surface area contributed by atoms with E-state index in [1.807, 2.05) is 12.1 Å². The van der Waals surface area contributed by atoms with Crippen LogP contribution in [0.5, 0.6) is 0 Å². The number of para-hydroxylation sites is 1. The van der Waals surface area contributed by atoms with Crippen molar-refractivity contribution in [2.75, 3.05) is 31.1 Å². The molecule has 0 radical (unpaired) electrons. The lowest BCUT2D eigenvalue weighted by molar-refractivity contribution is -0.131. The van der Waals surface area contributed by atoms with Crippen LogP contribution in [0.1, 0.15) is 25.3 Å². The zero-order chi connectivity index (χ0) is 15.9. The number of halogens is 2. The van der Waals surface area contributed by atoms with Gasteiger partial charge >= 0.3 is 0 Å². The van der Waals surface area contributed by atoms with Gasteiger partial charge in [-0.25, -0.2) is 0 Å². The van der Waals surface area contributed by atoms with E-state index >= 15 is 0 Å². The molecule has 3 N–H and O–H groups in total. The molecule has 0 saturated carbocycles. The Balaban J connectivity index is 0.00000264. The lowest BCUT2D eigenvalue weighted by Crippen LogP contribution is -2.40. The number of nitrogens with zero attached hydrogens (tertiary/aromatic N) is 1. The molecular weight excluding hydrogens is 349 g/mol. The van der Waals surface area contributed by atoms with Crippen LogP contribution in [-0.2, 0) is 9.53 Å². The molecule has 7 heteroatoms. The van der Waals surface area contributed by atoms with Gasteiger partial charge in [0.1, 0.15) is 6.10 Å². The Hall–Kier alpha value is -1.01. The molecule has 1 saturated heterocycles. The van der Waals surface area contributed by atoms with Crippen molar-refractivity contribution in [3.63, 3.8) is 0 Å². The lowest BCUT2D eigenvalue weighted by Gasteiger charge is -2.25. The number of likely N-dealkylation sites (N-methyl/N-ethyl adjacent to an activating group) is 1. The molecule has 24 heavy (non-hydrogen) atoms. The third-order valence-electron chi connectivity index (χ3n) is 4.18. The fourth-order valence-electron chi connectivity index (χ4n) is 2.87. The number of rotatable bonds is 7. The molecule has 0 spiro atoms. The number of amides is 1. The van der Waals surface area contributed by atoms with Gasteiger partial charge in [-0.1, -0.05) is 18.2 Å². The number of hydrogen-bond donors (Lipinski definition) is 2. The lowest BCUT2D eigenvalue weighted by atomic mass is 10.2. The van der Waals surface area contributed by atoms with Crippen molar-refractivity contribution in [2.24, 2.45) is 5.73 Å². The first-order valence-corrected chi connectivity index (χ1v) is 8.09. The van der Waals surface area contributed by atoms with E-state index in [9.17, 15) is 4.79 Å². The molecule has 1 aliphatic rings. The van der Waals surface area contributed by atoms with Gasteiger partial charge < -0.3 is 20.7 Å². The first-order chi connectivity index (χ1) is 10.7.